The Bertz CT molecular complexity index is 271. The van der Waals surface area contributed by atoms with Crippen LogP contribution in [0.1, 0.15) is 43.4 Å². The predicted molar refractivity (Wildman–Crippen MR) is 68.7 cm³/mol. The summed E-state index contributed by atoms with van der Waals surface area (Å²) in [5, 5.41) is 1.61. The Kier molecular flexibility index (Phi) is 4.40. The van der Waals surface area contributed by atoms with Crippen LogP contribution in [0.2, 0.25) is 0 Å². The molecule has 14 heavy (non-hydrogen) atoms. The lowest BCUT2D eigenvalue weighted by Crippen LogP contribution is -2.14. The topological polar surface area (TPSA) is 0 Å². The summed E-state index contributed by atoms with van der Waals surface area (Å²) in [4.78, 5) is 0. The van der Waals surface area contributed by atoms with Crippen molar-refractivity contribution in [1.29, 1.82) is 0 Å². The Morgan fingerprint density at radius 1 is 1.00 bits per heavy atom. The third kappa shape index (κ3) is 2.47. The lowest BCUT2D eigenvalue weighted by atomic mass is 9.95. The molecule has 0 unspecified atom stereocenters. The summed E-state index contributed by atoms with van der Waals surface area (Å²) in [7, 11) is 1.19. The van der Waals surface area contributed by atoms with Crippen LogP contribution in [-0.4, -0.2) is 10.2 Å². The van der Waals surface area contributed by atoms with Crippen LogP contribution in [0.3, 0.4) is 0 Å². The average Bonchev–Trinajstić information content (AvgIpc) is 2.17. The van der Waals surface area contributed by atoms with Crippen LogP contribution in [0, 0.1) is 6.92 Å². The second-order valence-corrected chi connectivity index (χ2v) is 5.23. The Balaban J connectivity index is 3.12. The number of benzene rings is 1. The molecule has 0 atom stereocenters. The summed E-state index contributed by atoms with van der Waals surface area (Å²) in [5.74, 6) is 0. The molecular formula is C13H22Si. The van der Waals surface area contributed by atoms with Crippen LogP contribution in [0.5, 0.6) is 0 Å². The molecule has 1 aromatic carbocycles. The van der Waals surface area contributed by atoms with E-state index in [-0.39, 0.29) is 0 Å². The van der Waals surface area contributed by atoms with Crippen LogP contribution >= 0.6 is 0 Å². The monoisotopic (exact) mass is 206 g/mol. The van der Waals surface area contributed by atoms with E-state index in [1.54, 1.807) is 16.3 Å². The highest BCUT2D eigenvalue weighted by Gasteiger charge is 2.06. The highest BCUT2D eigenvalue weighted by atomic mass is 28.1. The molecule has 0 fully saturated rings. The maximum absolute atomic E-state index is 2.33. The van der Waals surface area contributed by atoms with E-state index in [2.05, 4.69) is 32.9 Å². The molecule has 1 rings (SSSR count). The summed E-state index contributed by atoms with van der Waals surface area (Å²) >= 11 is 0. The molecule has 0 saturated carbocycles. The Morgan fingerprint density at radius 3 is 2.14 bits per heavy atom. The fourth-order valence-corrected chi connectivity index (χ4v) is 2.84. The highest BCUT2D eigenvalue weighted by Crippen LogP contribution is 2.15. The van der Waals surface area contributed by atoms with Gasteiger partial charge in [0.1, 0.15) is 0 Å². The molecule has 0 amide bonds. The molecule has 0 aliphatic heterocycles. The number of hydrogen-bond acceptors (Lipinski definition) is 0. The maximum atomic E-state index is 2.33. The normalized spacial score (nSPS) is 10.8. The van der Waals surface area contributed by atoms with E-state index < -0.39 is 0 Å². The molecule has 0 aliphatic carbocycles. The van der Waals surface area contributed by atoms with Crippen molar-refractivity contribution in [1.82, 2.24) is 0 Å². The third-order valence-corrected chi connectivity index (χ3v) is 3.84. The van der Waals surface area contributed by atoms with Crippen molar-refractivity contribution in [2.24, 2.45) is 0 Å². The fourth-order valence-electron chi connectivity index (χ4n) is 2.12. The first-order chi connectivity index (χ1) is 6.70. The Hall–Kier alpha value is -0.563. The zero-order valence-electron chi connectivity index (χ0n) is 9.98. The Labute approximate surface area is 91.2 Å². The molecule has 0 nitrogen and oxygen atoms in total. The first-order valence-electron chi connectivity index (χ1n) is 5.78. The molecule has 78 valence electrons. The number of aryl methyl sites for hydroxylation is 1. The summed E-state index contributed by atoms with van der Waals surface area (Å²) in [6.45, 7) is 6.80. The second-order valence-electron chi connectivity index (χ2n) is 4.16. The van der Waals surface area contributed by atoms with Crippen molar-refractivity contribution in [3.05, 3.63) is 28.8 Å². The maximum Gasteiger partial charge on any atom is 0.0388 e. The lowest BCUT2D eigenvalue weighted by molar-refractivity contribution is 0.859. The summed E-state index contributed by atoms with van der Waals surface area (Å²) in [6, 6.07) is 4.62. The second kappa shape index (κ2) is 5.35. The van der Waals surface area contributed by atoms with Crippen LogP contribution < -0.4 is 5.19 Å². The molecule has 0 saturated heterocycles. The Morgan fingerprint density at radius 2 is 1.57 bits per heavy atom. The molecule has 0 aromatic heterocycles. The van der Waals surface area contributed by atoms with Gasteiger partial charge in [-0.1, -0.05) is 44.0 Å². The van der Waals surface area contributed by atoms with Gasteiger partial charge < -0.3 is 0 Å². The van der Waals surface area contributed by atoms with Crippen molar-refractivity contribution >= 4 is 15.4 Å². The van der Waals surface area contributed by atoms with E-state index in [4.69, 9.17) is 0 Å². The van der Waals surface area contributed by atoms with Gasteiger partial charge in [-0.15, -0.1) is 0 Å². The van der Waals surface area contributed by atoms with Gasteiger partial charge in [-0.05, 0) is 36.5 Å². The van der Waals surface area contributed by atoms with Crippen LogP contribution in [-0.2, 0) is 12.8 Å². The van der Waals surface area contributed by atoms with Gasteiger partial charge >= 0.3 is 0 Å². The molecule has 1 heteroatoms. The fraction of sp³-hybridized carbons (Fsp3) is 0.538. The van der Waals surface area contributed by atoms with Crippen LogP contribution in [0.25, 0.3) is 0 Å². The minimum atomic E-state index is 1.19. The third-order valence-electron chi connectivity index (χ3n) is 2.90. The molecular weight excluding hydrogens is 184 g/mol. The van der Waals surface area contributed by atoms with Gasteiger partial charge in [-0.3, -0.25) is 0 Å². The van der Waals surface area contributed by atoms with E-state index in [0.717, 1.165) is 0 Å². The average molecular weight is 206 g/mol. The molecule has 0 N–H and O–H groups in total. The lowest BCUT2D eigenvalue weighted by Gasteiger charge is -2.14. The van der Waals surface area contributed by atoms with Gasteiger partial charge in [0.2, 0.25) is 0 Å². The van der Waals surface area contributed by atoms with Gasteiger partial charge in [0, 0.05) is 10.2 Å². The number of hydrogen-bond donors (Lipinski definition) is 0. The SMILES string of the molecule is CCCc1c(C)ccc([SiH3])c1CCC. The van der Waals surface area contributed by atoms with Gasteiger partial charge in [-0.2, -0.15) is 0 Å². The van der Waals surface area contributed by atoms with Crippen molar-refractivity contribution in [2.75, 3.05) is 0 Å². The summed E-state index contributed by atoms with van der Waals surface area (Å²) in [6.07, 6.45) is 5.07. The molecule has 0 heterocycles. The van der Waals surface area contributed by atoms with E-state index in [1.807, 2.05) is 0 Å². The zero-order chi connectivity index (χ0) is 10.6. The first kappa shape index (κ1) is 11.5. The highest BCUT2D eigenvalue weighted by molar-refractivity contribution is 6.33. The molecule has 0 radical (unpaired) electrons. The van der Waals surface area contributed by atoms with E-state index >= 15 is 0 Å². The van der Waals surface area contributed by atoms with Gasteiger partial charge in [0.25, 0.3) is 0 Å². The van der Waals surface area contributed by atoms with E-state index in [1.165, 1.54) is 41.5 Å². The van der Waals surface area contributed by atoms with E-state index in [9.17, 15) is 0 Å². The van der Waals surface area contributed by atoms with Crippen molar-refractivity contribution in [3.63, 3.8) is 0 Å². The van der Waals surface area contributed by atoms with Gasteiger partial charge in [0.15, 0.2) is 0 Å². The summed E-state index contributed by atoms with van der Waals surface area (Å²) < 4.78 is 0. The molecule has 0 bridgehead atoms. The van der Waals surface area contributed by atoms with Crippen LogP contribution in [0.4, 0.5) is 0 Å². The largest absolute Gasteiger partial charge is 0.0673 e. The minimum Gasteiger partial charge on any atom is -0.0673 e. The quantitative estimate of drug-likeness (QED) is 0.660. The summed E-state index contributed by atoms with van der Waals surface area (Å²) in [5.41, 5.74) is 4.80. The van der Waals surface area contributed by atoms with Crippen molar-refractivity contribution in [3.8, 4) is 0 Å². The van der Waals surface area contributed by atoms with Crippen molar-refractivity contribution in [2.45, 2.75) is 46.5 Å². The minimum absolute atomic E-state index is 1.19. The van der Waals surface area contributed by atoms with E-state index in [0.29, 0.717) is 0 Å². The standard InChI is InChI=1S/C13H22Si/c1-4-6-11-10(3)8-9-13(14)12(11)7-5-2/h8-9H,4-7H2,1-3,14H3. The zero-order valence-corrected chi connectivity index (χ0v) is 12.0. The number of rotatable bonds is 4. The van der Waals surface area contributed by atoms with Crippen LogP contribution in [0.15, 0.2) is 12.1 Å². The van der Waals surface area contributed by atoms with Crippen molar-refractivity contribution < 1.29 is 0 Å². The van der Waals surface area contributed by atoms with Gasteiger partial charge in [0.05, 0.1) is 0 Å². The molecule has 0 aliphatic rings. The predicted octanol–water partition coefficient (Wildman–Crippen LogP) is 1.89. The molecule has 0 spiro atoms. The molecule has 1 aromatic rings. The van der Waals surface area contributed by atoms with Gasteiger partial charge in [-0.25, -0.2) is 0 Å². The first-order valence-corrected chi connectivity index (χ1v) is 6.78. The smallest absolute Gasteiger partial charge is 0.0388 e.